The van der Waals surface area contributed by atoms with Crippen LogP contribution in [0.3, 0.4) is 0 Å². The molecule has 0 aromatic heterocycles. The summed E-state index contributed by atoms with van der Waals surface area (Å²) in [6, 6.07) is 7.25. The average Bonchev–Trinajstić information content (AvgIpc) is 2.52. The number of carbonyl (C=O) groups is 3. The minimum Gasteiger partial charge on any atom is -0.463 e. The van der Waals surface area contributed by atoms with Gasteiger partial charge in [0.1, 0.15) is 5.92 Å². The summed E-state index contributed by atoms with van der Waals surface area (Å²) in [5.74, 6) is -4.84. The second-order valence-electron chi connectivity index (χ2n) is 8.36. The Labute approximate surface area is 166 Å². The Hall–Kier alpha value is -2.21. The van der Waals surface area contributed by atoms with E-state index < -0.39 is 47.2 Å². The molecule has 28 heavy (non-hydrogen) atoms. The van der Waals surface area contributed by atoms with Gasteiger partial charge in [-0.2, -0.15) is 0 Å². The van der Waals surface area contributed by atoms with Crippen molar-refractivity contribution in [1.29, 1.82) is 0 Å². The number of Topliss-reactive ketones (excluding diaryl/α,β-unsaturated/α-hetero) is 1. The van der Waals surface area contributed by atoms with Crippen molar-refractivity contribution in [3.05, 3.63) is 35.4 Å². The number of esters is 2. The van der Waals surface area contributed by atoms with E-state index in [-0.39, 0.29) is 12.5 Å². The molecule has 0 radical (unpaired) electrons. The second kappa shape index (κ2) is 8.43. The lowest BCUT2D eigenvalue weighted by Gasteiger charge is -2.44. The van der Waals surface area contributed by atoms with Gasteiger partial charge in [-0.15, -0.1) is 0 Å². The van der Waals surface area contributed by atoms with E-state index in [9.17, 15) is 19.5 Å². The van der Waals surface area contributed by atoms with Gasteiger partial charge in [0.05, 0.1) is 23.7 Å². The third-order valence-electron chi connectivity index (χ3n) is 4.94. The first-order valence-electron chi connectivity index (χ1n) is 9.66. The minimum atomic E-state index is -1.63. The highest BCUT2D eigenvalue weighted by atomic mass is 16.5. The molecule has 1 aromatic carbocycles. The SMILES string of the molecule is Cc1ccc([C@@H]2[C@@H](C(=O)OC(C)C)C(=O)C[C@@](C)(O)[C@@H]2C(=O)OC(C)C)cc1. The maximum absolute atomic E-state index is 12.9. The molecule has 2 rings (SSSR count). The number of carbonyl (C=O) groups excluding carboxylic acids is 3. The van der Waals surface area contributed by atoms with Crippen LogP contribution in [-0.2, 0) is 23.9 Å². The molecule has 6 heteroatoms. The van der Waals surface area contributed by atoms with Crippen molar-refractivity contribution in [2.24, 2.45) is 11.8 Å². The maximum atomic E-state index is 12.9. The van der Waals surface area contributed by atoms with E-state index in [0.717, 1.165) is 5.56 Å². The zero-order chi connectivity index (χ0) is 21.2. The Morgan fingerprint density at radius 2 is 1.54 bits per heavy atom. The van der Waals surface area contributed by atoms with Gasteiger partial charge >= 0.3 is 11.9 Å². The molecule has 6 nitrogen and oxygen atoms in total. The van der Waals surface area contributed by atoms with E-state index >= 15 is 0 Å². The zero-order valence-corrected chi connectivity index (χ0v) is 17.4. The van der Waals surface area contributed by atoms with Gasteiger partial charge in [0.2, 0.25) is 0 Å². The number of ketones is 1. The smallest absolute Gasteiger partial charge is 0.317 e. The summed E-state index contributed by atoms with van der Waals surface area (Å²) in [6.45, 7) is 10.2. The van der Waals surface area contributed by atoms with E-state index in [1.54, 1.807) is 39.8 Å². The Bertz CT molecular complexity index is 724. The van der Waals surface area contributed by atoms with Crippen LogP contribution in [0, 0.1) is 18.8 Å². The largest absolute Gasteiger partial charge is 0.463 e. The van der Waals surface area contributed by atoms with Crippen LogP contribution in [0.4, 0.5) is 0 Å². The molecule has 1 saturated carbocycles. The molecule has 4 atom stereocenters. The normalized spacial score (nSPS) is 27.8. The number of benzene rings is 1. The molecule has 0 heterocycles. The van der Waals surface area contributed by atoms with Crippen LogP contribution in [0.1, 0.15) is 58.1 Å². The van der Waals surface area contributed by atoms with Gasteiger partial charge in [-0.25, -0.2) is 0 Å². The predicted molar refractivity (Wildman–Crippen MR) is 104 cm³/mol. The molecule has 0 aliphatic heterocycles. The highest BCUT2D eigenvalue weighted by molar-refractivity contribution is 6.02. The predicted octanol–water partition coefficient (Wildman–Crippen LogP) is 2.94. The molecule has 1 aliphatic carbocycles. The van der Waals surface area contributed by atoms with Crippen LogP contribution >= 0.6 is 0 Å². The van der Waals surface area contributed by atoms with E-state index in [4.69, 9.17) is 9.47 Å². The van der Waals surface area contributed by atoms with Crippen LogP contribution < -0.4 is 0 Å². The van der Waals surface area contributed by atoms with Crippen molar-refractivity contribution < 1.29 is 29.0 Å². The topological polar surface area (TPSA) is 89.9 Å². The van der Waals surface area contributed by atoms with Gasteiger partial charge in [0.25, 0.3) is 0 Å². The minimum absolute atomic E-state index is 0.314. The third kappa shape index (κ3) is 4.79. The highest BCUT2D eigenvalue weighted by Crippen LogP contribution is 2.47. The Kier molecular flexibility index (Phi) is 6.65. The first kappa shape index (κ1) is 22.1. The number of aliphatic hydroxyl groups is 1. The van der Waals surface area contributed by atoms with Crippen LogP contribution in [0.5, 0.6) is 0 Å². The quantitative estimate of drug-likeness (QED) is 0.614. The fraction of sp³-hybridized carbons (Fsp3) is 0.591. The van der Waals surface area contributed by atoms with Gasteiger partial charge < -0.3 is 14.6 Å². The molecule has 0 saturated heterocycles. The Balaban J connectivity index is 2.59. The summed E-state index contributed by atoms with van der Waals surface area (Å²) in [4.78, 5) is 38.6. The molecule has 0 amide bonds. The fourth-order valence-corrected chi connectivity index (χ4v) is 3.82. The Morgan fingerprint density at radius 3 is 2.04 bits per heavy atom. The van der Waals surface area contributed by atoms with Gasteiger partial charge in [0.15, 0.2) is 5.78 Å². The van der Waals surface area contributed by atoms with Crippen molar-refractivity contribution >= 4 is 17.7 Å². The van der Waals surface area contributed by atoms with Crippen LogP contribution in [0.15, 0.2) is 24.3 Å². The molecular weight excluding hydrogens is 360 g/mol. The van der Waals surface area contributed by atoms with Crippen molar-refractivity contribution in [1.82, 2.24) is 0 Å². The molecule has 0 bridgehead atoms. The van der Waals surface area contributed by atoms with Crippen molar-refractivity contribution in [2.45, 2.75) is 71.7 Å². The number of ether oxygens (including phenoxy) is 2. The lowest BCUT2D eigenvalue weighted by atomic mass is 9.61. The fourth-order valence-electron chi connectivity index (χ4n) is 3.82. The monoisotopic (exact) mass is 390 g/mol. The maximum Gasteiger partial charge on any atom is 0.317 e. The molecule has 0 unspecified atom stereocenters. The average molecular weight is 390 g/mol. The van der Waals surface area contributed by atoms with Crippen molar-refractivity contribution in [3.8, 4) is 0 Å². The second-order valence-corrected chi connectivity index (χ2v) is 8.36. The standard InChI is InChI=1S/C22H30O6/c1-12(2)27-20(24)18-16(23)11-22(6,26)19(21(25)28-13(3)4)17(18)15-9-7-14(5)8-10-15/h7-10,12-13,17-19,26H,11H2,1-6H3/t17-,18+,19+,22-/m1/s1. The lowest BCUT2D eigenvalue weighted by Crippen LogP contribution is -2.55. The number of hydrogen-bond donors (Lipinski definition) is 1. The van der Waals surface area contributed by atoms with E-state index in [2.05, 4.69) is 0 Å². The van der Waals surface area contributed by atoms with Crippen LogP contribution in [-0.4, -0.2) is 40.6 Å². The van der Waals surface area contributed by atoms with Gasteiger partial charge in [-0.1, -0.05) is 29.8 Å². The summed E-state index contributed by atoms with van der Waals surface area (Å²) < 4.78 is 10.7. The number of hydrogen-bond acceptors (Lipinski definition) is 6. The van der Waals surface area contributed by atoms with Gasteiger partial charge in [-0.05, 0) is 47.1 Å². The molecule has 0 spiro atoms. The summed E-state index contributed by atoms with van der Waals surface area (Å²) in [7, 11) is 0. The third-order valence-corrected chi connectivity index (χ3v) is 4.94. The van der Waals surface area contributed by atoms with E-state index in [1.807, 2.05) is 19.1 Å². The summed E-state index contributed by atoms with van der Waals surface area (Å²) in [6.07, 6.45) is -1.10. The van der Waals surface area contributed by atoms with E-state index in [0.29, 0.717) is 5.56 Å². The number of aryl methyl sites for hydroxylation is 1. The first-order valence-corrected chi connectivity index (χ1v) is 9.66. The molecule has 1 N–H and O–H groups in total. The summed E-state index contributed by atoms with van der Waals surface area (Å²) >= 11 is 0. The van der Waals surface area contributed by atoms with E-state index in [1.165, 1.54) is 6.92 Å². The molecule has 1 fully saturated rings. The van der Waals surface area contributed by atoms with Crippen molar-refractivity contribution in [2.75, 3.05) is 0 Å². The molecular formula is C22H30O6. The highest BCUT2D eigenvalue weighted by Gasteiger charge is 2.57. The van der Waals surface area contributed by atoms with Gasteiger partial charge in [-0.3, -0.25) is 14.4 Å². The molecule has 1 aliphatic rings. The Morgan fingerprint density at radius 1 is 1.04 bits per heavy atom. The molecule has 1 aromatic rings. The number of rotatable bonds is 5. The summed E-state index contributed by atoms with van der Waals surface area (Å²) in [5.41, 5.74) is -0.0108. The molecule has 154 valence electrons. The first-order chi connectivity index (χ1) is 12.9. The summed E-state index contributed by atoms with van der Waals surface area (Å²) in [5, 5.41) is 11.0. The lowest BCUT2D eigenvalue weighted by molar-refractivity contribution is -0.176. The van der Waals surface area contributed by atoms with Gasteiger partial charge in [0, 0.05) is 12.3 Å². The zero-order valence-electron chi connectivity index (χ0n) is 17.4. The van der Waals surface area contributed by atoms with Crippen LogP contribution in [0.2, 0.25) is 0 Å². The van der Waals surface area contributed by atoms with Crippen LogP contribution in [0.25, 0.3) is 0 Å². The van der Waals surface area contributed by atoms with Crippen molar-refractivity contribution in [3.63, 3.8) is 0 Å².